The van der Waals surface area contributed by atoms with Crippen LogP contribution in [0.15, 0.2) is 12.1 Å². The first-order valence-electron chi connectivity index (χ1n) is 4.06. The molecule has 0 fully saturated rings. The van der Waals surface area contributed by atoms with Crippen molar-refractivity contribution in [3.8, 4) is 6.07 Å². The highest BCUT2D eigenvalue weighted by Crippen LogP contribution is 2.19. The van der Waals surface area contributed by atoms with Gasteiger partial charge in [0, 0.05) is 5.56 Å². The molecule has 15 heavy (non-hydrogen) atoms. The average molecular weight is 209 g/mol. The Morgan fingerprint density at radius 2 is 2.33 bits per heavy atom. The van der Waals surface area contributed by atoms with Crippen LogP contribution in [0.2, 0.25) is 0 Å². The van der Waals surface area contributed by atoms with Crippen LogP contribution in [0, 0.1) is 17.1 Å². The van der Waals surface area contributed by atoms with Crippen LogP contribution in [0.1, 0.15) is 21.5 Å². The van der Waals surface area contributed by atoms with Crippen molar-refractivity contribution in [2.24, 2.45) is 0 Å². The summed E-state index contributed by atoms with van der Waals surface area (Å²) < 4.78 is 17.6. The van der Waals surface area contributed by atoms with Gasteiger partial charge in [-0.25, -0.2) is 9.18 Å². The van der Waals surface area contributed by atoms with Crippen LogP contribution in [0.5, 0.6) is 0 Å². The van der Waals surface area contributed by atoms with E-state index in [1.165, 1.54) is 6.07 Å². The number of ether oxygens (including phenoxy) is 1. The number of aliphatic hydroxyl groups excluding tert-OH is 1. The standard InChI is InChI=1S/C10H8FNO3/c1-15-10(14)9-7(5-13)6(4-12)2-3-8(9)11/h2-3,13H,5H2,1H3. The second-order valence-electron chi connectivity index (χ2n) is 2.71. The highest BCUT2D eigenvalue weighted by molar-refractivity contribution is 5.92. The lowest BCUT2D eigenvalue weighted by atomic mass is 10.0. The summed E-state index contributed by atoms with van der Waals surface area (Å²) in [5.41, 5.74) is -0.386. The van der Waals surface area contributed by atoms with Gasteiger partial charge in [-0.1, -0.05) is 0 Å². The number of methoxy groups -OCH3 is 1. The third kappa shape index (κ3) is 1.95. The summed E-state index contributed by atoms with van der Waals surface area (Å²) in [6.07, 6.45) is 0. The molecule has 0 aromatic heterocycles. The van der Waals surface area contributed by atoms with Crippen LogP contribution in [-0.4, -0.2) is 18.2 Å². The minimum atomic E-state index is -0.909. The van der Waals surface area contributed by atoms with Gasteiger partial charge < -0.3 is 9.84 Å². The van der Waals surface area contributed by atoms with Crippen LogP contribution in [0.4, 0.5) is 4.39 Å². The molecule has 0 aliphatic rings. The van der Waals surface area contributed by atoms with Gasteiger partial charge >= 0.3 is 5.97 Å². The number of carbonyl (C=O) groups excluding carboxylic acids is 1. The van der Waals surface area contributed by atoms with Gasteiger partial charge in [-0.15, -0.1) is 0 Å². The van der Waals surface area contributed by atoms with Gasteiger partial charge in [0.2, 0.25) is 0 Å². The quantitative estimate of drug-likeness (QED) is 0.737. The lowest BCUT2D eigenvalue weighted by molar-refractivity contribution is 0.0591. The number of rotatable bonds is 2. The molecule has 5 heteroatoms. The van der Waals surface area contributed by atoms with Crippen LogP contribution < -0.4 is 0 Å². The largest absolute Gasteiger partial charge is 0.465 e. The molecule has 0 bridgehead atoms. The van der Waals surface area contributed by atoms with E-state index >= 15 is 0 Å². The van der Waals surface area contributed by atoms with Gasteiger partial charge in [-0.05, 0) is 12.1 Å². The number of aliphatic hydroxyl groups is 1. The Labute approximate surface area is 85.5 Å². The second kappa shape index (κ2) is 4.53. The van der Waals surface area contributed by atoms with Crippen molar-refractivity contribution in [2.45, 2.75) is 6.61 Å². The molecular weight excluding hydrogens is 201 g/mol. The Bertz CT molecular complexity index is 437. The van der Waals surface area contributed by atoms with E-state index in [0.29, 0.717) is 0 Å². The third-order valence-corrected chi connectivity index (χ3v) is 1.93. The molecule has 0 atom stereocenters. The van der Waals surface area contributed by atoms with Crippen LogP contribution in [0.3, 0.4) is 0 Å². The number of halogens is 1. The molecule has 0 aliphatic carbocycles. The van der Waals surface area contributed by atoms with E-state index in [2.05, 4.69) is 4.74 Å². The molecule has 0 aliphatic heterocycles. The van der Waals surface area contributed by atoms with E-state index in [9.17, 15) is 9.18 Å². The molecule has 0 heterocycles. The molecule has 0 spiro atoms. The van der Waals surface area contributed by atoms with Gasteiger partial charge in [0.1, 0.15) is 11.4 Å². The number of carbonyl (C=O) groups is 1. The molecule has 1 N–H and O–H groups in total. The van der Waals surface area contributed by atoms with Gasteiger partial charge in [-0.2, -0.15) is 5.26 Å². The van der Waals surface area contributed by atoms with Gasteiger partial charge in [0.25, 0.3) is 0 Å². The van der Waals surface area contributed by atoms with Crippen LogP contribution in [-0.2, 0) is 11.3 Å². The highest BCUT2D eigenvalue weighted by Gasteiger charge is 2.19. The van der Waals surface area contributed by atoms with E-state index in [0.717, 1.165) is 13.2 Å². The Kier molecular flexibility index (Phi) is 3.37. The SMILES string of the molecule is COC(=O)c1c(F)ccc(C#N)c1CO. The number of nitriles is 1. The first-order chi connectivity index (χ1) is 7.15. The lowest BCUT2D eigenvalue weighted by Gasteiger charge is -2.07. The summed E-state index contributed by atoms with van der Waals surface area (Å²) in [5.74, 6) is -1.72. The number of esters is 1. The van der Waals surface area contributed by atoms with E-state index < -0.39 is 18.4 Å². The van der Waals surface area contributed by atoms with Crippen LogP contribution >= 0.6 is 0 Å². The fourth-order valence-electron chi connectivity index (χ4n) is 1.21. The second-order valence-corrected chi connectivity index (χ2v) is 2.71. The summed E-state index contributed by atoms with van der Waals surface area (Å²) in [6, 6.07) is 3.95. The summed E-state index contributed by atoms with van der Waals surface area (Å²) in [5, 5.41) is 17.7. The van der Waals surface area contributed by atoms with Crippen LogP contribution in [0.25, 0.3) is 0 Å². The molecule has 0 unspecified atom stereocenters. The Hall–Kier alpha value is -1.93. The first-order valence-corrected chi connectivity index (χ1v) is 4.06. The van der Waals surface area contributed by atoms with Gasteiger partial charge in [-0.3, -0.25) is 0 Å². The summed E-state index contributed by atoms with van der Waals surface area (Å²) in [4.78, 5) is 11.2. The minimum Gasteiger partial charge on any atom is -0.465 e. The van der Waals surface area contributed by atoms with Crippen molar-refractivity contribution in [2.75, 3.05) is 7.11 Å². The first kappa shape index (κ1) is 11.1. The maximum absolute atomic E-state index is 13.3. The highest BCUT2D eigenvalue weighted by atomic mass is 19.1. The zero-order valence-corrected chi connectivity index (χ0v) is 7.95. The van der Waals surface area contributed by atoms with Crippen molar-refractivity contribution < 1.29 is 19.0 Å². The predicted octanol–water partition coefficient (Wildman–Crippen LogP) is 0.976. The van der Waals surface area contributed by atoms with Crippen molar-refractivity contribution in [3.63, 3.8) is 0 Å². The van der Waals surface area contributed by atoms with E-state index in [-0.39, 0.29) is 16.7 Å². The molecule has 78 valence electrons. The molecule has 0 radical (unpaired) electrons. The number of hydrogen-bond acceptors (Lipinski definition) is 4. The van der Waals surface area contributed by atoms with Gasteiger partial charge in [0.15, 0.2) is 0 Å². The van der Waals surface area contributed by atoms with E-state index in [4.69, 9.17) is 10.4 Å². The molecule has 0 saturated carbocycles. The fraction of sp³-hybridized carbons (Fsp3) is 0.200. The van der Waals surface area contributed by atoms with E-state index in [1.54, 1.807) is 6.07 Å². The summed E-state index contributed by atoms with van der Waals surface area (Å²) >= 11 is 0. The monoisotopic (exact) mass is 209 g/mol. The van der Waals surface area contributed by atoms with Crippen molar-refractivity contribution in [1.29, 1.82) is 5.26 Å². The number of hydrogen-bond donors (Lipinski definition) is 1. The maximum Gasteiger partial charge on any atom is 0.341 e. The molecule has 0 saturated heterocycles. The average Bonchev–Trinajstić information content (AvgIpc) is 2.27. The maximum atomic E-state index is 13.3. The third-order valence-electron chi connectivity index (χ3n) is 1.93. The Morgan fingerprint density at radius 1 is 1.67 bits per heavy atom. The van der Waals surface area contributed by atoms with E-state index in [1.807, 2.05) is 0 Å². The topological polar surface area (TPSA) is 70.3 Å². The normalized spacial score (nSPS) is 9.47. The number of nitrogens with zero attached hydrogens (tertiary/aromatic N) is 1. The smallest absolute Gasteiger partial charge is 0.341 e. The molecule has 1 aromatic carbocycles. The predicted molar refractivity (Wildman–Crippen MR) is 48.4 cm³/mol. The zero-order chi connectivity index (χ0) is 11.4. The Morgan fingerprint density at radius 3 is 2.80 bits per heavy atom. The molecule has 1 aromatic rings. The fourth-order valence-corrected chi connectivity index (χ4v) is 1.21. The molecule has 4 nitrogen and oxygen atoms in total. The minimum absolute atomic E-state index is 0.0515. The zero-order valence-electron chi connectivity index (χ0n) is 7.95. The molecule has 0 amide bonds. The van der Waals surface area contributed by atoms with Crippen molar-refractivity contribution >= 4 is 5.97 Å². The lowest BCUT2D eigenvalue weighted by Crippen LogP contribution is -2.10. The van der Waals surface area contributed by atoms with Crippen molar-refractivity contribution in [3.05, 3.63) is 34.6 Å². The summed E-state index contributed by atoms with van der Waals surface area (Å²) in [7, 11) is 1.10. The summed E-state index contributed by atoms with van der Waals surface area (Å²) in [6.45, 7) is -0.592. The van der Waals surface area contributed by atoms with Crippen molar-refractivity contribution in [1.82, 2.24) is 0 Å². The Balaban J connectivity index is 3.47. The molecule has 1 rings (SSSR count). The molecular formula is C10H8FNO3. The number of benzene rings is 1. The van der Waals surface area contributed by atoms with Gasteiger partial charge in [0.05, 0.1) is 25.3 Å².